The van der Waals surface area contributed by atoms with Gasteiger partial charge >= 0.3 is 0 Å². The second-order valence-electron chi connectivity index (χ2n) is 3.34. The summed E-state index contributed by atoms with van der Waals surface area (Å²) in [5.41, 5.74) is 4.53. The first-order valence-corrected chi connectivity index (χ1v) is 3.66. The first kappa shape index (κ1) is 18.3. The van der Waals surface area contributed by atoms with Crippen molar-refractivity contribution in [1.82, 2.24) is 0 Å². The molecule has 80 valence electrons. The van der Waals surface area contributed by atoms with Crippen LogP contribution < -0.4 is 18.1 Å². The summed E-state index contributed by atoms with van der Waals surface area (Å²) < 4.78 is 0.844. The second kappa shape index (κ2) is 9.51. The van der Waals surface area contributed by atoms with Crippen LogP contribution in [0.1, 0.15) is 0 Å². The molecule has 0 aromatic heterocycles. The predicted molar refractivity (Wildman–Crippen MR) is 49.4 cm³/mol. The van der Waals surface area contributed by atoms with E-state index in [1.54, 1.807) is 0 Å². The average molecular weight is 211 g/mol. The highest BCUT2D eigenvalue weighted by Crippen LogP contribution is 1.84. The van der Waals surface area contributed by atoms with E-state index in [1.807, 2.05) is 0 Å². The number of aliphatic hydroxyl groups excluding tert-OH is 1. The quantitative estimate of drug-likeness (QED) is 0.373. The topological polar surface area (TPSA) is 63.3 Å². The highest BCUT2D eigenvalue weighted by Gasteiger charge is 2.02. The monoisotopic (exact) mass is 210 g/mol. The summed E-state index contributed by atoms with van der Waals surface area (Å²) in [6.07, 6.45) is 1.06. The SMILES string of the molecule is C=CC(N)=O.C[N+](C)(C)CCO.[Cl-]. The molecule has 0 aliphatic heterocycles. The summed E-state index contributed by atoms with van der Waals surface area (Å²) in [7, 11) is 6.16. The Hall–Kier alpha value is -0.580. The zero-order valence-electron chi connectivity index (χ0n) is 8.46. The van der Waals surface area contributed by atoms with Crippen LogP contribution in [0.5, 0.6) is 0 Å². The Morgan fingerprint density at radius 3 is 1.85 bits per heavy atom. The van der Waals surface area contributed by atoms with Crippen molar-refractivity contribution >= 4 is 5.91 Å². The van der Waals surface area contributed by atoms with Gasteiger partial charge in [-0.15, -0.1) is 0 Å². The molecule has 13 heavy (non-hydrogen) atoms. The fourth-order valence-electron chi connectivity index (χ4n) is 0.300. The fraction of sp³-hybridized carbons (Fsp3) is 0.625. The summed E-state index contributed by atoms with van der Waals surface area (Å²) in [6.45, 7) is 4.20. The van der Waals surface area contributed by atoms with Crippen LogP contribution in [0.3, 0.4) is 0 Å². The van der Waals surface area contributed by atoms with Crippen molar-refractivity contribution in [3.8, 4) is 0 Å². The van der Waals surface area contributed by atoms with E-state index in [2.05, 4.69) is 33.5 Å². The molecule has 0 aliphatic rings. The molecule has 0 bridgehead atoms. The number of nitrogens with two attached hydrogens (primary N) is 1. The van der Waals surface area contributed by atoms with Gasteiger partial charge in [-0.3, -0.25) is 4.79 Å². The molecular weight excluding hydrogens is 192 g/mol. The maximum atomic E-state index is 9.47. The molecule has 5 heteroatoms. The van der Waals surface area contributed by atoms with Gasteiger partial charge in [-0.25, -0.2) is 0 Å². The van der Waals surface area contributed by atoms with Gasteiger partial charge in [0.2, 0.25) is 5.91 Å². The van der Waals surface area contributed by atoms with Crippen molar-refractivity contribution in [1.29, 1.82) is 0 Å². The lowest BCUT2D eigenvalue weighted by Gasteiger charge is -2.21. The molecule has 4 nitrogen and oxygen atoms in total. The van der Waals surface area contributed by atoms with Crippen molar-refractivity contribution in [2.24, 2.45) is 5.73 Å². The Bertz CT molecular complexity index is 144. The molecule has 0 rings (SSSR count). The van der Waals surface area contributed by atoms with Crippen LogP contribution in [0.4, 0.5) is 0 Å². The number of nitrogens with zero attached hydrogens (tertiary/aromatic N) is 1. The minimum Gasteiger partial charge on any atom is -1.00 e. The number of hydrogen-bond acceptors (Lipinski definition) is 2. The zero-order chi connectivity index (χ0) is 10.2. The van der Waals surface area contributed by atoms with Crippen LogP contribution in [-0.4, -0.2) is 49.8 Å². The average Bonchev–Trinajstić information content (AvgIpc) is 1.86. The number of carbonyl (C=O) groups is 1. The van der Waals surface area contributed by atoms with E-state index in [0.717, 1.165) is 17.1 Å². The first-order chi connectivity index (χ1) is 5.33. The summed E-state index contributed by atoms with van der Waals surface area (Å²) in [4.78, 5) is 9.47. The molecule has 3 N–H and O–H groups in total. The summed E-state index contributed by atoms with van der Waals surface area (Å²) in [6, 6.07) is 0. The largest absolute Gasteiger partial charge is 1.00 e. The lowest BCUT2D eigenvalue weighted by atomic mass is 10.5. The van der Waals surface area contributed by atoms with Gasteiger partial charge in [0.25, 0.3) is 0 Å². The number of amides is 1. The van der Waals surface area contributed by atoms with Gasteiger partial charge in [-0.1, -0.05) is 6.58 Å². The number of aliphatic hydroxyl groups is 1. The Morgan fingerprint density at radius 2 is 1.85 bits per heavy atom. The van der Waals surface area contributed by atoms with Crippen molar-refractivity contribution in [3.63, 3.8) is 0 Å². The molecule has 0 aromatic carbocycles. The third-order valence-corrected chi connectivity index (χ3v) is 0.972. The van der Waals surface area contributed by atoms with Crippen LogP contribution in [0, 0.1) is 0 Å². The van der Waals surface area contributed by atoms with Crippen LogP contribution >= 0.6 is 0 Å². The molecule has 0 saturated carbocycles. The van der Waals surface area contributed by atoms with E-state index in [9.17, 15) is 4.79 Å². The van der Waals surface area contributed by atoms with E-state index < -0.39 is 5.91 Å². The zero-order valence-corrected chi connectivity index (χ0v) is 9.21. The van der Waals surface area contributed by atoms with Crippen LogP contribution in [0.15, 0.2) is 12.7 Å². The second-order valence-corrected chi connectivity index (χ2v) is 3.34. The Morgan fingerprint density at radius 1 is 1.54 bits per heavy atom. The number of quaternary nitrogens is 1. The molecule has 0 radical (unpaired) electrons. The van der Waals surface area contributed by atoms with Crippen LogP contribution in [0.25, 0.3) is 0 Å². The van der Waals surface area contributed by atoms with Gasteiger partial charge in [0, 0.05) is 0 Å². The highest BCUT2D eigenvalue weighted by molar-refractivity contribution is 5.84. The summed E-state index contributed by atoms with van der Waals surface area (Å²) >= 11 is 0. The number of halogens is 1. The summed E-state index contributed by atoms with van der Waals surface area (Å²) in [5, 5.41) is 8.39. The van der Waals surface area contributed by atoms with Gasteiger partial charge in [0.1, 0.15) is 6.54 Å². The van der Waals surface area contributed by atoms with Gasteiger partial charge in [0.05, 0.1) is 27.7 Å². The van der Waals surface area contributed by atoms with E-state index in [4.69, 9.17) is 5.11 Å². The van der Waals surface area contributed by atoms with Gasteiger partial charge in [0.15, 0.2) is 0 Å². The normalized spacial score (nSPS) is 8.92. The maximum absolute atomic E-state index is 9.47. The van der Waals surface area contributed by atoms with Crippen LogP contribution in [-0.2, 0) is 4.79 Å². The van der Waals surface area contributed by atoms with Gasteiger partial charge in [-0.2, -0.15) is 0 Å². The molecule has 0 unspecified atom stereocenters. The Labute approximate surface area is 86.0 Å². The van der Waals surface area contributed by atoms with E-state index in [-0.39, 0.29) is 19.0 Å². The molecule has 0 aromatic rings. The fourth-order valence-corrected chi connectivity index (χ4v) is 0.300. The number of hydrogen-bond donors (Lipinski definition) is 2. The third kappa shape index (κ3) is 34.5. The van der Waals surface area contributed by atoms with E-state index in [0.29, 0.717) is 0 Å². The Kier molecular flexibility index (Phi) is 13.3. The third-order valence-electron chi connectivity index (χ3n) is 0.972. The predicted octanol–water partition coefficient (Wildman–Crippen LogP) is -3.65. The Balaban J connectivity index is -0.000000150. The number of likely N-dealkylation sites (N-methyl/N-ethyl adjacent to an activating group) is 1. The molecule has 0 aliphatic carbocycles. The van der Waals surface area contributed by atoms with Gasteiger partial charge < -0.3 is 27.7 Å². The minimum absolute atomic E-state index is 0. The maximum Gasteiger partial charge on any atom is 0.240 e. The summed E-state index contributed by atoms with van der Waals surface area (Å²) in [5.74, 6) is -0.481. The molecular formula is C8H19ClN2O2. The molecule has 1 amide bonds. The van der Waals surface area contributed by atoms with E-state index >= 15 is 0 Å². The smallest absolute Gasteiger partial charge is 0.240 e. The molecule has 0 atom stereocenters. The van der Waals surface area contributed by atoms with Crippen molar-refractivity contribution in [2.45, 2.75) is 0 Å². The van der Waals surface area contributed by atoms with Crippen molar-refractivity contribution in [2.75, 3.05) is 34.3 Å². The van der Waals surface area contributed by atoms with Crippen molar-refractivity contribution in [3.05, 3.63) is 12.7 Å². The number of carbonyl (C=O) groups excluding carboxylic acids is 1. The molecule has 0 heterocycles. The standard InChI is InChI=1S/C5H14NO.C3H5NO.ClH/c1-6(2,3)4-5-7;1-2-3(4)5;/h7H,4-5H2,1-3H3;2H,1H2,(H2,4,5);1H/q+1;;/p-1. The number of rotatable bonds is 3. The lowest BCUT2D eigenvalue weighted by Crippen LogP contribution is -3.00. The highest BCUT2D eigenvalue weighted by atomic mass is 35.5. The van der Waals surface area contributed by atoms with Crippen LogP contribution in [0.2, 0.25) is 0 Å². The first-order valence-electron chi connectivity index (χ1n) is 3.66. The lowest BCUT2D eigenvalue weighted by molar-refractivity contribution is -0.870. The van der Waals surface area contributed by atoms with Crippen molar-refractivity contribution < 1.29 is 26.8 Å². The van der Waals surface area contributed by atoms with Gasteiger partial charge in [-0.05, 0) is 6.08 Å². The number of primary amides is 1. The van der Waals surface area contributed by atoms with E-state index in [1.165, 1.54) is 0 Å². The molecule has 0 spiro atoms. The minimum atomic E-state index is -0.481. The molecule has 0 fully saturated rings. The molecule has 0 saturated heterocycles.